The van der Waals surface area contributed by atoms with Gasteiger partial charge in [0.25, 0.3) is 0 Å². The largest absolute Gasteiger partial charge is 0.390 e. The molecule has 15 heavy (non-hydrogen) atoms. The Hall–Kier alpha value is -0.410. The van der Waals surface area contributed by atoms with Gasteiger partial charge in [-0.3, -0.25) is 0 Å². The second-order valence-corrected chi connectivity index (χ2v) is 5.29. The summed E-state index contributed by atoms with van der Waals surface area (Å²) in [5.74, 6) is -0.107. The van der Waals surface area contributed by atoms with Gasteiger partial charge >= 0.3 is 0 Å². The zero-order chi connectivity index (χ0) is 11.6. The van der Waals surface area contributed by atoms with Crippen LogP contribution >= 0.6 is 15.9 Å². The molecule has 1 nitrogen and oxygen atoms in total. The van der Waals surface area contributed by atoms with Crippen molar-refractivity contribution in [1.82, 2.24) is 0 Å². The summed E-state index contributed by atoms with van der Waals surface area (Å²) in [6.45, 7) is 5.74. The van der Waals surface area contributed by atoms with Gasteiger partial charge in [-0.05, 0) is 46.5 Å². The molecule has 0 fully saturated rings. The van der Waals surface area contributed by atoms with Gasteiger partial charge in [-0.2, -0.15) is 0 Å². The average molecular weight is 275 g/mol. The highest BCUT2D eigenvalue weighted by atomic mass is 79.9. The van der Waals surface area contributed by atoms with E-state index in [0.717, 1.165) is 5.56 Å². The van der Waals surface area contributed by atoms with E-state index < -0.39 is 5.60 Å². The molecular weight excluding hydrogens is 259 g/mol. The van der Waals surface area contributed by atoms with E-state index in [2.05, 4.69) is 15.9 Å². The molecular formula is C12H16BrFO. The Morgan fingerprint density at radius 2 is 2.07 bits per heavy atom. The van der Waals surface area contributed by atoms with E-state index in [1.807, 2.05) is 13.8 Å². The highest BCUT2D eigenvalue weighted by molar-refractivity contribution is 9.10. The van der Waals surface area contributed by atoms with Crippen LogP contribution in [0.15, 0.2) is 22.7 Å². The summed E-state index contributed by atoms with van der Waals surface area (Å²) in [4.78, 5) is 0. The first-order chi connectivity index (χ1) is 6.83. The lowest BCUT2D eigenvalue weighted by atomic mass is 9.86. The van der Waals surface area contributed by atoms with Crippen LogP contribution in [0.1, 0.15) is 26.3 Å². The number of hydrogen-bond donors (Lipinski definition) is 1. The van der Waals surface area contributed by atoms with Gasteiger partial charge in [0.1, 0.15) is 5.82 Å². The third-order valence-corrected chi connectivity index (χ3v) is 3.40. The predicted molar refractivity (Wildman–Crippen MR) is 63.3 cm³/mol. The van der Waals surface area contributed by atoms with Crippen LogP contribution in [0.3, 0.4) is 0 Å². The maximum atomic E-state index is 13.0. The van der Waals surface area contributed by atoms with Crippen molar-refractivity contribution in [1.29, 1.82) is 0 Å². The lowest BCUT2D eigenvalue weighted by Gasteiger charge is -2.27. The Morgan fingerprint density at radius 3 is 2.53 bits per heavy atom. The van der Waals surface area contributed by atoms with Crippen molar-refractivity contribution in [2.24, 2.45) is 5.92 Å². The van der Waals surface area contributed by atoms with E-state index in [1.54, 1.807) is 19.1 Å². The maximum absolute atomic E-state index is 13.0. The molecule has 0 saturated heterocycles. The quantitative estimate of drug-likeness (QED) is 0.894. The lowest BCUT2D eigenvalue weighted by Crippen LogP contribution is -2.33. The number of aliphatic hydroxyl groups is 1. The molecule has 1 unspecified atom stereocenters. The van der Waals surface area contributed by atoms with Crippen molar-refractivity contribution in [2.45, 2.75) is 32.8 Å². The van der Waals surface area contributed by atoms with Gasteiger partial charge in [-0.25, -0.2) is 4.39 Å². The van der Waals surface area contributed by atoms with Crippen molar-refractivity contribution in [3.05, 3.63) is 34.1 Å². The third-order valence-electron chi connectivity index (χ3n) is 2.79. The average Bonchev–Trinajstić information content (AvgIpc) is 2.10. The topological polar surface area (TPSA) is 20.2 Å². The molecule has 1 N–H and O–H groups in total. The minimum Gasteiger partial charge on any atom is -0.390 e. The standard InChI is InChI=1S/C12H16BrFO/c1-8(2)12(3,15)7-9-4-5-11(14)10(13)6-9/h4-6,8,15H,7H2,1-3H3. The van der Waals surface area contributed by atoms with E-state index in [4.69, 9.17) is 0 Å². The molecule has 1 aromatic rings. The van der Waals surface area contributed by atoms with Gasteiger partial charge in [-0.15, -0.1) is 0 Å². The van der Waals surface area contributed by atoms with Crippen molar-refractivity contribution in [2.75, 3.05) is 0 Å². The van der Waals surface area contributed by atoms with Crippen molar-refractivity contribution in [3.63, 3.8) is 0 Å². The Morgan fingerprint density at radius 1 is 1.47 bits per heavy atom. The zero-order valence-electron chi connectivity index (χ0n) is 9.22. The predicted octanol–water partition coefficient (Wildman–Crippen LogP) is 3.54. The summed E-state index contributed by atoms with van der Waals surface area (Å²) in [7, 11) is 0. The van der Waals surface area contributed by atoms with Crippen LogP contribution < -0.4 is 0 Å². The first-order valence-electron chi connectivity index (χ1n) is 4.99. The highest BCUT2D eigenvalue weighted by Crippen LogP contribution is 2.24. The van der Waals surface area contributed by atoms with E-state index in [0.29, 0.717) is 10.9 Å². The Balaban J connectivity index is 2.86. The van der Waals surface area contributed by atoms with Crippen LogP contribution in [-0.4, -0.2) is 10.7 Å². The Kier molecular flexibility index (Phi) is 3.90. The van der Waals surface area contributed by atoms with Crippen molar-refractivity contribution < 1.29 is 9.50 Å². The Labute approximate surface area is 98.4 Å². The van der Waals surface area contributed by atoms with Crippen molar-refractivity contribution >= 4 is 15.9 Å². The summed E-state index contributed by atoms with van der Waals surface area (Å²) < 4.78 is 13.4. The highest BCUT2D eigenvalue weighted by Gasteiger charge is 2.25. The van der Waals surface area contributed by atoms with Crippen LogP contribution in [-0.2, 0) is 6.42 Å². The van der Waals surface area contributed by atoms with E-state index >= 15 is 0 Å². The molecule has 84 valence electrons. The molecule has 0 amide bonds. The molecule has 0 radical (unpaired) electrons. The summed E-state index contributed by atoms with van der Waals surface area (Å²) >= 11 is 3.13. The van der Waals surface area contributed by atoms with Crippen LogP contribution in [0.2, 0.25) is 0 Å². The van der Waals surface area contributed by atoms with Crippen LogP contribution in [0, 0.1) is 11.7 Å². The first kappa shape index (κ1) is 12.7. The van der Waals surface area contributed by atoms with Crippen LogP contribution in [0.25, 0.3) is 0 Å². The van der Waals surface area contributed by atoms with E-state index in [-0.39, 0.29) is 11.7 Å². The van der Waals surface area contributed by atoms with Crippen LogP contribution in [0.4, 0.5) is 4.39 Å². The summed E-state index contributed by atoms with van der Waals surface area (Å²) in [5, 5.41) is 10.1. The number of halogens is 2. The number of rotatable bonds is 3. The second-order valence-electron chi connectivity index (χ2n) is 4.44. The minimum atomic E-state index is -0.753. The SMILES string of the molecule is CC(C)C(C)(O)Cc1ccc(F)c(Br)c1. The van der Waals surface area contributed by atoms with Gasteiger partial charge in [-0.1, -0.05) is 19.9 Å². The van der Waals surface area contributed by atoms with Gasteiger partial charge in [0, 0.05) is 6.42 Å². The van der Waals surface area contributed by atoms with Gasteiger partial charge < -0.3 is 5.11 Å². The normalized spacial score (nSPS) is 15.4. The van der Waals surface area contributed by atoms with Crippen molar-refractivity contribution in [3.8, 4) is 0 Å². The van der Waals surface area contributed by atoms with Gasteiger partial charge in [0.2, 0.25) is 0 Å². The summed E-state index contributed by atoms with van der Waals surface area (Å²) in [6, 6.07) is 4.83. The molecule has 0 heterocycles. The lowest BCUT2D eigenvalue weighted by molar-refractivity contribution is 0.0139. The number of benzene rings is 1. The smallest absolute Gasteiger partial charge is 0.137 e. The molecule has 1 rings (SSSR count). The molecule has 1 atom stereocenters. The van der Waals surface area contributed by atoms with Gasteiger partial charge in [0.05, 0.1) is 10.1 Å². The summed E-state index contributed by atoms with van der Waals surface area (Å²) in [6.07, 6.45) is 0.531. The fourth-order valence-electron chi connectivity index (χ4n) is 1.27. The van der Waals surface area contributed by atoms with Crippen LogP contribution in [0.5, 0.6) is 0 Å². The molecule has 0 spiro atoms. The minimum absolute atomic E-state index is 0.168. The number of hydrogen-bond acceptors (Lipinski definition) is 1. The Bertz CT molecular complexity index is 347. The fraction of sp³-hybridized carbons (Fsp3) is 0.500. The first-order valence-corrected chi connectivity index (χ1v) is 5.78. The molecule has 0 aliphatic heterocycles. The van der Waals surface area contributed by atoms with E-state index in [9.17, 15) is 9.50 Å². The third kappa shape index (κ3) is 3.28. The molecule has 0 aliphatic carbocycles. The zero-order valence-corrected chi connectivity index (χ0v) is 10.8. The second kappa shape index (κ2) is 4.62. The molecule has 3 heteroatoms. The molecule has 0 bridgehead atoms. The molecule has 0 aliphatic rings. The molecule has 0 saturated carbocycles. The fourth-order valence-corrected chi connectivity index (χ4v) is 1.69. The molecule has 1 aromatic carbocycles. The van der Waals surface area contributed by atoms with E-state index in [1.165, 1.54) is 6.07 Å². The van der Waals surface area contributed by atoms with Gasteiger partial charge in [0.15, 0.2) is 0 Å². The molecule has 0 aromatic heterocycles. The summed E-state index contributed by atoms with van der Waals surface area (Å²) in [5.41, 5.74) is 0.180. The maximum Gasteiger partial charge on any atom is 0.137 e. The monoisotopic (exact) mass is 274 g/mol.